The van der Waals surface area contributed by atoms with Crippen LogP contribution in [0.4, 0.5) is 0 Å². The molecule has 0 N–H and O–H groups in total. The van der Waals surface area contributed by atoms with Crippen molar-refractivity contribution in [2.45, 2.75) is 45.7 Å². The lowest BCUT2D eigenvalue weighted by molar-refractivity contribution is -0.687. The van der Waals surface area contributed by atoms with Gasteiger partial charge < -0.3 is 0 Å². The van der Waals surface area contributed by atoms with E-state index in [1.54, 1.807) is 0 Å². The number of nitrogens with zero attached hydrogens (tertiary/aromatic N) is 2. The number of aryl methyl sites for hydroxylation is 5. The molecule has 1 aromatic carbocycles. The lowest BCUT2D eigenvalue weighted by Crippen LogP contribution is -2.36. The SMILES string of the molecule is Cc1cc[n+]2c(c1)-c1c(ccc3c1-c1cccc[n+]1CCC3)CCC2. The Morgan fingerprint density at radius 3 is 2.16 bits per heavy atom. The lowest BCUT2D eigenvalue weighted by Gasteiger charge is -2.13. The van der Waals surface area contributed by atoms with E-state index in [4.69, 9.17) is 0 Å². The topological polar surface area (TPSA) is 7.76 Å². The number of rotatable bonds is 0. The van der Waals surface area contributed by atoms with Gasteiger partial charge in [0.1, 0.15) is 13.1 Å². The summed E-state index contributed by atoms with van der Waals surface area (Å²) in [7, 11) is 0. The van der Waals surface area contributed by atoms with Gasteiger partial charge in [0.25, 0.3) is 0 Å². The average molecular weight is 328 g/mol. The number of pyridine rings is 2. The summed E-state index contributed by atoms with van der Waals surface area (Å²) in [5.74, 6) is 0. The fourth-order valence-corrected chi connectivity index (χ4v) is 4.51. The van der Waals surface area contributed by atoms with Crippen molar-refractivity contribution in [3.8, 4) is 22.5 Å². The molecule has 0 bridgehead atoms. The van der Waals surface area contributed by atoms with E-state index in [-0.39, 0.29) is 0 Å². The molecule has 4 heterocycles. The van der Waals surface area contributed by atoms with Gasteiger partial charge >= 0.3 is 0 Å². The van der Waals surface area contributed by atoms with Gasteiger partial charge in [-0.3, -0.25) is 0 Å². The second kappa shape index (κ2) is 5.80. The molecular formula is C23H24N2+2. The summed E-state index contributed by atoms with van der Waals surface area (Å²) in [6.45, 7) is 4.41. The van der Waals surface area contributed by atoms with E-state index in [0.29, 0.717) is 0 Å². The summed E-state index contributed by atoms with van der Waals surface area (Å²) >= 11 is 0. The molecule has 0 unspecified atom stereocenters. The molecule has 2 heteroatoms. The third kappa shape index (κ3) is 2.39. The molecule has 2 aromatic heterocycles. The van der Waals surface area contributed by atoms with Gasteiger partial charge in [0.2, 0.25) is 11.4 Å². The quantitative estimate of drug-likeness (QED) is 0.555. The van der Waals surface area contributed by atoms with Crippen molar-refractivity contribution < 1.29 is 9.13 Å². The monoisotopic (exact) mass is 328 g/mol. The second-order valence-corrected chi connectivity index (χ2v) is 7.40. The van der Waals surface area contributed by atoms with Crippen molar-refractivity contribution in [2.24, 2.45) is 0 Å². The van der Waals surface area contributed by atoms with Crippen molar-refractivity contribution in [2.75, 3.05) is 0 Å². The highest BCUT2D eigenvalue weighted by Gasteiger charge is 2.30. The maximum Gasteiger partial charge on any atom is 0.213 e. The molecule has 2 aliphatic rings. The third-order valence-corrected chi connectivity index (χ3v) is 5.71. The highest BCUT2D eigenvalue weighted by atomic mass is 15.0. The van der Waals surface area contributed by atoms with Gasteiger partial charge in [-0.05, 0) is 42.5 Å². The van der Waals surface area contributed by atoms with Gasteiger partial charge in [-0.25, -0.2) is 0 Å². The van der Waals surface area contributed by atoms with Crippen LogP contribution >= 0.6 is 0 Å². The number of fused-ring (bicyclic) bond motifs is 7. The van der Waals surface area contributed by atoms with E-state index in [9.17, 15) is 0 Å². The van der Waals surface area contributed by atoms with Gasteiger partial charge in [-0.15, -0.1) is 0 Å². The first kappa shape index (κ1) is 14.8. The van der Waals surface area contributed by atoms with E-state index in [1.807, 2.05) is 0 Å². The number of benzene rings is 1. The molecule has 25 heavy (non-hydrogen) atoms. The molecule has 5 rings (SSSR count). The summed E-state index contributed by atoms with van der Waals surface area (Å²) < 4.78 is 4.90. The summed E-state index contributed by atoms with van der Waals surface area (Å²) in [5, 5.41) is 0. The van der Waals surface area contributed by atoms with Crippen LogP contribution in [-0.2, 0) is 25.9 Å². The summed E-state index contributed by atoms with van der Waals surface area (Å²) in [6.07, 6.45) is 9.26. The summed E-state index contributed by atoms with van der Waals surface area (Å²) in [4.78, 5) is 0. The molecule has 0 amide bonds. The molecule has 0 aliphatic carbocycles. The van der Waals surface area contributed by atoms with E-state index < -0.39 is 0 Å². The predicted molar refractivity (Wildman–Crippen MR) is 99.1 cm³/mol. The molecule has 0 spiro atoms. The van der Waals surface area contributed by atoms with Crippen LogP contribution in [-0.4, -0.2) is 0 Å². The van der Waals surface area contributed by atoms with Gasteiger partial charge in [0.05, 0.1) is 11.1 Å². The fraction of sp³-hybridized carbons (Fsp3) is 0.304. The maximum atomic E-state index is 2.46. The third-order valence-electron chi connectivity index (χ3n) is 5.71. The maximum absolute atomic E-state index is 2.46. The molecule has 0 saturated carbocycles. The van der Waals surface area contributed by atoms with Crippen molar-refractivity contribution in [3.63, 3.8) is 0 Å². The van der Waals surface area contributed by atoms with E-state index in [0.717, 1.165) is 25.9 Å². The molecule has 2 nitrogen and oxygen atoms in total. The predicted octanol–water partition coefficient (Wildman–Crippen LogP) is 3.80. The van der Waals surface area contributed by atoms with Gasteiger partial charge in [0, 0.05) is 37.1 Å². The van der Waals surface area contributed by atoms with Gasteiger partial charge in [0.15, 0.2) is 12.4 Å². The number of aromatic nitrogens is 2. The van der Waals surface area contributed by atoms with Crippen LogP contribution in [0.5, 0.6) is 0 Å². The zero-order valence-electron chi connectivity index (χ0n) is 14.8. The highest BCUT2D eigenvalue weighted by Crippen LogP contribution is 2.38. The average Bonchev–Trinajstić information content (AvgIpc) is 2.93. The van der Waals surface area contributed by atoms with Crippen LogP contribution in [0.15, 0.2) is 54.9 Å². The standard InChI is InChI=1S/C23H24N2/c1-17-11-15-25-14-5-7-19-10-9-18-6-4-13-24-12-3-2-8-20(24)22(18)23(19)21(25)16-17/h2-3,8-12,15-16H,4-7,13-14H2,1H3/q+2. The van der Waals surface area contributed by atoms with Crippen LogP contribution in [0, 0.1) is 6.92 Å². The number of hydrogen-bond acceptors (Lipinski definition) is 0. The largest absolute Gasteiger partial charge is 0.213 e. The Hall–Kier alpha value is -2.48. The van der Waals surface area contributed by atoms with Crippen molar-refractivity contribution in [1.29, 1.82) is 0 Å². The molecular weight excluding hydrogens is 304 g/mol. The molecule has 124 valence electrons. The van der Waals surface area contributed by atoms with E-state index in [1.165, 1.54) is 52.0 Å². The first-order valence-electron chi connectivity index (χ1n) is 9.45. The minimum absolute atomic E-state index is 1.10. The van der Waals surface area contributed by atoms with Gasteiger partial charge in [-0.1, -0.05) is 12.1 Å². The Balaban J connectivity index is 1.90. The molecule has 0 atom stereocenters. The fourth-order valence-electron chi connectivity index (χ4n) is 4.51. The zero-order chi connectivity index (χ0) is 16.8. The second-order valence-electron chi connectivity index (χ2n) is 7.40. The van der Waals surface area contributed by atoms with Crippen LogP contribution < -0.4 is 9.13 Å². The zero-order valence-corrected chi connectivity index (χ0v) is 14.8. The number of hydrogen-bond donors (Lipinski definition) is 0. The highest BCUT2D eigenvalue weighted by molar-refractivity contribution is 5.83. The Labute approximate surface area is 149 Å². The molecule has 2 aliphatic heterocycles. The van der Waals surface area contributed by atoms with Crippen molar-refractivity contribution in [3.05, 3.63) is 71.5 Å². The summed E-state index contributed by atoms with van der Waals surface area (Å²) in [5.41, 5.74) is 10.1. The Bertz CT molecular complexity index is 972. The lowest BCUT2D eigenvalue weighted by atomic mass is 9.88. The minimum atomic E-state index is 1.10. The Morgan fingerprint density at radius 2 is 1.40 bits per heavy atom. The first-order chi connectivity index (χ1) is 12.3. The van der Waals surface area contributed by atoms with Gasteiger partial charge in [-0.2, -0.15) is 9.13 Å². The normalized spacial score (nSPS) is 15.2. The van der Waals surface area contributed by atoms with Crippen LogP contribution in [0.3, 0.4) is 0 Å². The summed E-state index contributed by atoms with van der Waals surface area (Å²) in [6, 6.07) is 16.0. The minimum Gasteiger partial charge on any atom is -0.198 e. The molecule has 0 radical (unpaired) electrons. The van der Waals surface area contributed by atoms with Crippen LogP contribution in [0.25, 0.3) is 22.5 Å². The van der Waals surface area contributed by atoms with Crippen LogP contribution in [0.1, 0.15) is 29.5 Å². The Morgan fingerprint density at radius 1 is 0.720 bits per heavy atom. The van der Waals surface area contributed by atoms with E-state index >= 15 is 0 Å². The van der Waals surface area contributed by atoms with E-state index in [2.05, 4.69) is 70.9 Å². The molecule has 3 aromatic rings. The Kier molecular flexibility index (Phi) is 3.44. The smallest absolute Gasteiger partial charge is 0.198 e. The first-order valence-corrected chi connectivity index (χ1v) is 9.45. The van der Waals surface area contributed by atoms with Crippen molar-refractivity contribution in [1.82, 2.24) is 0 Å². The molecule has 0 fully saturated rings. The van der Waals surface area contributed by atoms with Crippen molar-refractivity contribution >= 4 is 0 Å². The van der Waals surface area contributed by atoms with Crippen LogP contribution in [0.2, 0.25) is 0 Å². The molecule has 0 saturated heterocycles.